The van der Waals surface area contributed by atoms with Gasteiger partial charge in [0.1, 0.15) is 22.9 Å². The number of aliphatic hydroxyl groups is 1. The molecule has 0 spiro atoms. The van der Waals surface area contributed by atoms with Gasteiger partial charge in [-0.1, -0.05) is 26.2 Å². The first kappa shape index (κ1) is 23.7. The molecule has 3 atom stereocenters. The molecule has 1 aliphatic rings. The van der Waals surface area contributed by atoms with Gasteiger partial charge in [-0.05, 0) is 38.3 Å². The van der Waals surface area contributed by atoms with Gasteiger partial charge in [0.15, 0.2) is 5.65 Å². The summed E-state index contributed by atoms with van der Waals surface area (Å²) in [5.74, 6) is 0.787. The lowest BCUT2D eigenvalue weighted by atomic mass is 9.92. The van der Waals surface area contributed by atoms with Crippen LogP contribution < -0.4 is 21.5 Å². The Morgan fingerprint density at radius 3 is 2.85 bits per heavy atom. The fourth-order valence-corrected chi connectivity index (χ4v) is 4.59. The molecular formula is C24H33N7O3. The monoisotopic (exact) mass is 467 g/mol. The topological polar surface area (TPSA) is 126 Å². The zero-order valence-electron chi connectivity index (χ0n) is 19.9. The lowest BCUT2D eigenvalue weighted by Gasteiger charge is -2.29. The van der Waals surface area contributed by atoms with Gasteiger partial charge in [0.2, 0.25) is 0 Å². The van der Waals surface area contributed by atoms with E-state index in [4.69, 9.17) is 0 Å². The van der Waals surface area contributed by atoms with Crippen molar-refractivity contribution in [2.45, 2.75) is 70.6 Å². The van der Waals surface area contributed by atoms with Crippen LogP contribution in [0.15, 0.2) is 35.4 Å². The number of rotatable bonds is 8. The predicted octanol–water partition coefficient (Wildman–Crippen LogP) is 3.07. The number of carbonyl (C=O) groups excluding carboxylic acids is 1. The van der Waals surface area contributed by atoms with Gasteiger partial charge >= 0.3 is 0 Å². The van der Waals surface area contributed by atoms with Gasteiger partial charge in [0.05, 0.1) is 18.3 Å². The summed E-state index contributed by atoms with van der Waals surface area (Å²) >= 11 is 0. The van der Waals surface area contributed by atoms with Crippen LogP contribution in [0.5, 0.6) is 0 Å². The first-order chi connectivity index (χ1) is 16.4. The van der Waals surface area contributed by atoms with Gasteiger partial charge in [-0.3, -0.25) is 9.59 Å². The average molecular weight is 468 g/mol. The van der Waals surface area contributed by atoms with Gasteiger partial charge in [-0.25, -0.2) is 4.98 Å². The molecule has 3 unspecified atom stereocenters. The maximum absolute atomic E-state index is 13.2. The molecule has 1 aliphatic carbocycles. The average Bonchev–Trinajstić information content (AvgIpc) is 3.25. The second-order valence-corrected chi connectivity index (χ2v) is 8.91. The number of hydrogen-bond donors (Lipinski definition) is 4. The van der Waals surface area contributed by atoms with Crippen molar-refractivity contribution in [3.8, 4) is 0 Å². The van der Waals surface area contributed by atoms with Crippen LogP contribution in [0, 0.1) is 0 Å². The van der Waals surface area contributed by atoms with Crippen molar-refractivity contribution in [2.24, 2.45) is 0 Å². The number of hydrogen-bond acceptors (Lipinski definition) is 7. The van der Waals surface area contributed by atoms with E-state index in [0.29, 0.717) is 35.0 Å². The van der Waals surface area contributed by atoms with Crippen molar-refractivity contribution >= 4 is 28.9 Å². The largest absolute Gasteiger partial charge is 0.391 e. The fourth-order valence-electron chi connectivity index (χ4n) is 4.59. The molecule has 0 aromatic carbocycles. The number of carbonyl (C=O) groups is 1. The quantitative estimate of drug-likeness (QED) is 0.401. The zero-order chi connectivity index (χ0) is 24.2. The molecule has 0 bridgehead atoms. The molecule has 0 aliphatic heterocycles. The van der Waals surface area contributed by atoms with Crippen molar-refractivity contribution in [3.05, 3.63) is 46.5 Å². The molecule has 0 saturated heterocycles. The van der Waals surface area contributed by atoms with Crippen LogP contribution in [0.3, 0.4) is 0 Å². The standard InChI is InChI=1S/C24H33N7O3/c1-4-8-15(2)27-23(33)16-14-26-31-21(25-3)13-20(29-22(16)31)28-17-9-7-12-30(24(17)34)18-10-5-6-11-19(18)32/h7,9,12-15,18-19,25,32H,4-6,8,10-11H2,1-3H3,(H,27,33)(H,28,29). The second-order valence-electron chi connectivity index (χ2n) is 8.91. The Bertz CT molecular complexity index is 1220. The SMILES string of the molecule is CCCC(C)NC(=O)c1cnn2c(NC)cc(Nc3cccn(C4CCCCC4O)c3=O)nc12. The van der Waals surface area contributed by atoms with Crippen LogP contribution in [-0.4, -0.2) is 49.4 Å². The van der Waals surface area contributed by atoms with E-state index in [2.05, 4.69) is 33.0 Å². The number of fused-ring (bicyclic) bond motifs is 1. The smallest absolute Gasteiger partial charge is 0.274 e. The van der Waals surface area contributed by atoms with E-state index in [0.717, 1.165) is 32.1 Å². The van der Waals surface area contributed by atoms with Crippen LogP contribution in [0.2, 0.25) is 0 Å². The maximum atomic E-state index is 13.2. The first-order valence-electron chi connectivity index (χ1n) is 12.0. The third-order valence-corrected chi connectivity index (χ3v) is 6.36. The number of nitrogens with zero attached hydrogens (tertiary/aromatic N) is 4. The number of nitrogens with one attached hydrogen (secondary N) is 3. The second kappa shape index (κ2) is 10.3. The predicted molar refractivity (Wildman–Crippen MR) is 132 cm³/mol. The van der Waals surface area contributed by atoms with Crippen molar-refractivity contribution < 1.29 is 9.90 Å². The normalized spacial score (nSPS) is 19.1. The number of aliphatic hydroxyl groups excluding tert-OH is 1. The van der Waals surface area contributed by atoms with Gasteiger partial charge in [0, 0.05) is 25.4 Å². The summed E-state index contributed by atoms with van der Waals surface area (Å²) in [5, 5.41) is 23.9. The van der Waals surface area contributed by atoms with E-state index in [9.17, 15) is 14.7 Å². The Labute approximate surface area is 198 Å². The van der Waals surface area contributed by atoms with Crippen LogP contribution >= 0.6 is 0 Å². The highest BCUT2D eigenvalue weighted by atomic mass is 16.3. The molecule has 3 aromatic rings. The van der Waals surface area contributed by atoms with E-state index in [1.807, 2.05) is 6.92 Å². The van der Waals surface area contributed by atoms with E-state index in [-0.39, 0.29) is 23.6 Å². The number of anilines is 3. The van der Waals surface area contributed by atoms with E-state index >= 15 is 0 Å². The molecule has 10 nitrogen and oxygen atoms in total. The van der Waals surface area contributed by atoms with Gasteiger partial charge in [-0.2, -0.15) is 9.61 Å². The summed E-state index contributed by atoms with van der Waals surface area (Å²) in [4.78, 5) is 30.7. The maximum Gasteiger partial charge on any atom is 0.274 e. The van der Waals surface area contributed by atoms with E-state index in [1.165, 1.54) is 6.20 Å². The minimum Gasteiger partial charge on any atom is -0.391 e. The molecule has 10 heteroatoms. The summed E-state index contributed by atoms with van der Waals surface area (Å²) in [7, 11) is 1.75. The Morgan fingerprint density at radius 2 is 2.12 bits per heavy atom. The van der Waals surface area contributed by atoms with E-state index < -0.39 is 6.10 Å². The highest BCUT2D eigenvalue weighted by Crippen LogP contribution is 2.28. The van der Waals surface area contributed by atoms with Crippen LogP contribution in [-0.2, 0) is 0 Å². The Balaban J connectivity index is 1.67. The highest BCUT2D eigenvalue weighted by Gasteiger charge is 2.26. The zero-order valence-corrected chi connectivity index (χ0v) is 19.9. The molecular weight excluding hydrogens is 434 g/mol. The third-order valence-electron chi connectivity index (χ3n) is 6.36. The van der Waals surface area contributed by atoms with Crippen LogP contribution in [0.25, 0.3) is 5.65 Å². The van der Waals surface area contributed by atoms with Crippen LogP contribution in [0.1, 0.15) is 68.8 Å². The molecule has 3 heterocycles. The van der Waals surface area contributed by atoms with Crippen molar-refractivity contribution in [3.63, 3.8) is 0 Å². The first-order valence-corrected chi connectivity index (χ1v) is 12.0. The minimum absolute atomic E-state index is 0.0375. The lowest BCUT2D eigenvalue weighted by Crippen LogP contribution is -2.34. The molecule has 4 rings (SSSR count). The fraction of sp³-hybridized carbons (Fsp3) is 0.500. The van der Waals surface area contributed by atoms with Gasteiger partial charge < -0.3 is 25.6 Å². The summed E-state index contributed by atoms with van der Waals surface area (Å²) in [5.41, 5.74) is 0.871. The Hall–Kier alpha value is -3.40. The highest BCUT2D eigenvalue weighted by molar-refractivity contribution is 6.00. The number of pyridine rings is 1. The summed E-state index contributed by atoms with van der Waals surface area (Å²) in [6, 6.07) is 5.01. The molecule has 182 valence electrons. The molecule has 34 heavy (non-hydrogen) atoms. The molecule has 0 radical (unpaired) electrons. The third kappa shape index (κ3) is 4.77. The number of amides is 1. The summed E-state index contributed by atoms with van der Waals surface area (Å²) in [6.45, 7) is 4.04. The summed E-state index contributed by atoms with van der Waals surface area (Å²) in [6.07, 6.45) is 7.96. The minimum atomic E-state index is -0.532. The molecule has 3 aromatic heterocycles. The molecule has 1 fully saturated rings. The van der Waals surface area contributed by atoms with E-state index in [1.54, 1.807) is 40.5 Å². The van der Waals surface area contributed by atoms with Crippen LogP contribution in [0.4, 0.5) is 17.3 Å². The Morgan fingerprint density at radius 1 is 1.32 bits per heavy atom. The lowest BCUT2D eigenvalue weighted by molar-refractivity contribution is 0.0739. The van der Waals surface area contributed by atoms with Crippen molar-refractivity contribution in [1.82, 2.24) is 24.5 Å². The molecule has 4 N–H and O–H groups in total. The van der Waals surface area contributed by atoms with Gasteiger partial charge in [0.25, 0.3) is 11.5 Å². The Kier molecular flexibility index (Phi) is 7.16. The molecule has 1 amide bonds. The number of aromatic nitrogens is 4. The van der Waals surface area contributed by atoms with Gasteiger partial charge in [-0.15, -0.1) is 0 Å². The van der Waals surface area contributed by atoms with Crippen molar-refractivity contribution in [1.29, 1.82) is 0 Å². The molecule has 1 saturated carbocycles. The summed E-state index contributed by atoms with van der Waals surface area (Å²) < 4.78 is 3.17. The van der Waals surface area contributed by atoms with Crippen molar-refractivity contribution in [2.75, 3.05) is 17.7 Å².